The van der Waals surface area contributed by atoms with Crippen LogP contribution in [0.3, 0.4) is 0 Å². The first-order valence-electron chi connectivity index (χ1n) is 7.37. The van der Waals surface area contributed by atoms with Crippen molar-refractivity contribution in [1.29, 1.82) is 0 Å². The highest BCUT2D eigenvalue weighted by Crippen LogP contribution is 2.24. The van der Waals surface area contributed by atoms with Crippen molar-refractivity contribution in [2.75, 3.05) is 5.32 Å². The van der Waals surface area contributed by atoms with E-state index in [-0.39, 0.29) is 5.57 Å². The zero-order chi connectivity index (χ0) is 17.3. The maximum absolute atomic E-state index is 11.9. The van der Waals surface area contributed by atoms with Gasteiger partial charge in [0, 0.05) is 44.5 Å². The van der Waals surface area contributed by atoms with E-state index in [1.54, 1.807) is 10.9 Å². The van der Waals surface area contributed by atoms with Gasteiger partial charge in [0.05, 0.1) is 5.69 Å². The number of carbonyl (C=O) groups excluding carboxylic acids is 2. The zero-order valence-corrected chi connectivity index (χ0v) is 13.6. The summed E-state index contributed by atoms with van der Waals surface area (Å²) < 4.78 is 11.8. The molecule has 2 aromatic rings. The van der Waals surface area contributed by atoms with Crippen molar-refractivity contribution in [2.24, 2.45) is 7.05 Å². The summed E-state index contributed by atoms with van der Waals surface area (Å²) in [6.45, 7) is 3.01. The highest BCUT2D eigenvalue weighted by atomic mass is 16.7. The van der Waals surface area contributed by atoms with Gasteiger partial charge in [0.15, 0.2) is 5.57 Å². The Hall–Kier alpha value is -3.09. The van der Waals surface area contributed by atoms with E-state index in [0.29, 0.717) is 5.69 Å². The molecule has 7 heteroatoms. The maximum atomic E-state index is 11.9. The summed E-state index contributed by atoms with van der Waals surface area (Å²) in [6, 6.07) is 9.41. The number of ether oxygens (including phenoxy) is 2. The standard InChI is InChI=1S/C17H17N3O4/c1-17(2)23-15(21)13(16(22)24-17)10-18-12-6-4-5-11(9-12)14-7-8-19-20(14)3/h4-10,18H,1-3H3. The van der Waals surface area contributed by atoms with Gasteiger partial charge in [0.1, 0.15) is 0 Å². The summed E-state index contributed by atoms with van der Waals surface area (Å²) in [6.07, 6.45) is 3.01. The number of aryl methyl sites for hydroxylation is 1. The highest BCUT2D eigenvalue weighted by molar-refractivity contribution is 6.15. The molecule has 1 aliphatic heterocycles. The van der Waals surface area contributed by atoms with Crippen LogP contribution in [0.4, 0.5) is 5.69 Å². The number of anilines is 1. The Morgan fingerprint density at radius 1 is 1.17 bits per heavy atom. The van der Waals surface area contributed by atoms with E-state index in [1.165, 1.54) is 20.0 Å². The fraction of sp³-hybridized carbons (Fsp3) is 0.235. The molecule has 0 aliphatic carbocycles. The second kappa shape index (κ2) is 5.84. The van der Waals surface area contributed by atoms with Crippen LogP contribution in [-0.4, -0.2) is 27.5 Å². The van der Waals surface area contributed by atoms with Crippen molar-refractivity contribution in [3.8, 4) is 11.3 Å². The lowest BCUT2D eigenvalue weighted by molar-refractivity contribution is -0.222. The molecule has 0 spiro atoms. The minimum atomic E-state index is -1.25. The lowest BCUT2D eigenvalue weighted by Crippen LogP contribution is -2.42. The number of nitrogens with zero attached hydrogens (tertiary/aromatic N) is 2. The SMILES string of the molecule is Cn1nccc1-c1cccc(NC=C2C(=O)OC(C)(C)OC2=O)c1. The first-order chi connectivity index (χ1) is 11.4. The van der Waals surface area contributed by atoms with Crippen LogP contribution in [0.25, 0.3) is 11.3 Å². The maximum Gasteiger partial charge on any atom is 0.350 e. The van der Waals surface area contributed by atoms with E-state index in [1.807, 2.05) is 37.4 Å². The summed E-state index contributed by atoms with van der Waals surface area (Å²) >= 11 is 0. The van der Waals surface area contributed by atoms with Crippen LogP contribution >= 0.6 is 0 Å². The number of rotatable bonds is 3. The molecule has 0 unspecified atom stereocenters. The van der Waals surface area contributed by atoms with Crippen molar-refractivity contribution < 1.29 is 19.1 Å². The van der Waals surface area contributed by atoms with E-state index >= 15 is 0 Å². The third-order valence-corrected chi connectivity index (χ3v) is 3.48. The summed E-state index contributed by atoms with van der Waals surface area (Å²) in [5.74, 6) is -2.68. The lowest BCUT2D eigenvalue weighted by Gasteiger charge is -2.29. The predicted octanol–water partition coefficient (Wildman–Crippen LogP) is 2.22. The van der Waals surface area contributed by atoms with E-state index in [0.717, 1.165) is 11.3 Å². The average Bonchev–Trinajstić information content (AvgIpc) is 2.91. The minimum Gasteiger partial charge on any atom is -0.419 e. The Morgan fingerprint density at radius 2 is 1.88 bits per heavy atom. The molecule has 1 fully saturated rings. The minimum absolute atomic E-state index is 0.180. The van der Waals surface area contributed by atoms with Gasteiger partial charge in [-0.1, -0.05) is 12.1 Å². The number of aromatic nitrogens is 2. The molecule has 1 N–H and O–H groups in total. The van der Waals surface area contributed by atoms with Crippen molar-refractivity contribution in [2.45, 2.75) is 19.6 Å². The number of esters is 2. The smallest absolute Gasteiger partial charge is 0.350 e. The fourth-order valence-electron chi connectivity index (χ4n) is 2.36. The molecular weight excluding hydrogens is 310 g/mol. The molecular formula is C17H17N3O4. The molecule has 24 heavy (non-hydrogen) atoms. The van der Waals surface area contributed by atoms with Crippen LogP contribution in [-0.2, 0) is 26.1 Å². The average molecular weight is 327 g/mol. The fourth-order valence-corrected chi connectivity index (χ4v) is 2.36. The Bertz CT molecular complexity index is 814. The largest absolute Gasteiger partial charge is 0.419 e. The van der Waals surface area contributed by atoms with Crippen molar-refractivity contribution in [3.05, 3.63) is 48.3 Å². The molecule has 1 aromatic heterocycles. The third kappa shape index (κ3) is 3.15. The summed E-state index contributed by atoms with van der Waals surface area (Å²) in [4.78, 5) is 23.8. The van der Waals surface area contributed by atoms with Gasteiger partial charge in [-0.2, -0.15) is 5.10 Å². The first-order valence-corrected chi connectivity index (χ1v) is 7.37. The summed E-state index contributed by atoms with van der Waals surface area (Å²) in [7, 11) is 1.85. The van der Waals surface area contributed by atoms with Crippen molar-refractivity contribution in [3.63, 3.8) is 0 Å². The second-order valence-corrected chi connectivity index (χ2v) is 5.80. The van der Waals surface area contributed by atoms with Gasteiger partial charge in [-0.15, -0.1) is 0 Å². The van der Waals surface area contributed by atoms with Crippen LogP contribution in [0.15, 0.2) is 48.3 Å². The van der Waals surface area contributed by atoms with E-state index in [4.69, 9.17) is 9.47 Å². The molecule has 0 bridgehead atoms. The second-order valence-electron chi connectivity index (χ2n) is 5.80. The van der Waals surface area contributed by atoms with Gasteiger partial charge in [0.25, 0.3) is 5.79 Å². The molecule has 1 aromatic carbocycles. The highest BCUT2D eigenvalue weighted by Gasteiger charge is 2.38. The van der Waals surface area contributed by atoms with Crippen molar-refractivity contribution in [1.82, 2.24) is 9.78 Å². The van der Waals surface area contributed by atoms with Gasteiger partial charge in [-0.25, -0.2) is 9.59 Å². The Balaban J connectivity index is 1.81. The van der Waals surface area contributed by atoms with Crippen LogP contribution in [0.2, 0.25) is 0 Å². The number of hydrogen-bond donors (Lipinski definition) is 1. The Labute approximate surface area is 138 Å². The zero-order valence-electron chi connectivity index (χ0n) is 13.6. The van der Waals surface area contributed by atoms with Crippen LogP contribution in [0.5, 0.6) is 0 Å². The van der Waals surface area contributed by atoms with E-state index in [2.05, 4.69) is 10.4 Å². The molecule has 0 saturated carbocycles. The van der Waals surface area contributed by atoms with E-state index in [9.17, 15) is 9.59 Å². The predicted molar refractivity (Wildman–Crippen MR) is 86.6 cm³/mol. The number of carbonyl (C=O) groups is 2. The monoisotopic (exact) mass is 327 g/mol. The molecule has 0 radical (unpaired) electrons. The van der Waals surface area contributed by atoms with Gasteiger partial charge >= 0.3 is 11.9 Å². The summed E-state index contributed by atoms with van der Waals surface area (Å²) in [5.41, 5.74) is 2.43. The third-order valence-electron chi connectivity index (χ3n) is 3.48. The quantitative estimate of drug-likeness (QED) is 0.529. The molecule has 2 heterocycles. The van der Waals surface area contributed by atoms with Crippen LogP contribution in [0, 0.1) is 0 Å². The van der Waals surface area contributed by atoms with Gasteiger partial charge in [0.2, 0.25) is 0 Å². The molecule has 1 saturated heterocycles. The summed E-state index contributed by atoms with van der Waals surface area (Å²) in [5, 5.41) is 7.07. The molecule has 7 nitrogen and oxygen atoms in total. The molecule has 0 amide bonds. The molecule has 1 aliphatic rings. The molecule has 0 atom stereocenters. The van der Waals surface area contributed by atoms with Gasteiger partial charge in [-0.3, -0.25) is 4.68 Å². The molecule has 124 valence electrons. The lowest BCUT2D eigenvalue weighted by atomic mass is 10.1. The number of hydrogen-bond acceptors (Lipinski definition) is 6. The Morgan fingerprint density at radius 3 is 2.50 bits per heavy atom. The van der Waals surface area contributed by atoms with Crippen LogP contribution < -0.4 is 5.32 Å². The topological polar surface area (TPSA) is 82.5 Å². The Kier molecular flexibility index (Phi) is 3.84. The first kappa shape index (κ1) is 15.8. The number of nitrogens with one attached hydrogen (secondary N) is 1. The normalized spacial score (nSPS) is 16.4. The van der Waals surface area contributed by atoms with Crippen molar-refractivity contribution >= 4 is 17.6 Å². The number of cyclic esters (lactones) is 2. The number of benzene rings is 1. The van der Waals surface area contributed by atoms with Crippen LogP contribution in [0.1, 0.15) is 13.8 Å². The molecule has 3 rings (SSSR count). The van der Waals surface area contributed by atoms with Gasteiger partial charge < -0.3 is 14.8 Å². The van der Waals surface area contributed by atoms with Gasteiger partial charge in [-0.05, 0) is 18.2 Å². The van der Waals surface area contributed by atoms with E-state index < -0.39 is 17.7 Å².